The van der Waals surface area contributed by atoms with Crippen molar-refractivity contribution < 1.29 is 18.8 Å². The second-order valence-electron chi connectivity index (χ2n) is 6.70. The second kappa shape index (κ2) is 7.41. The average molecular weight is 383 g/mol. The minimum absolute atomic E-state index is 0.180. The molecule has 0 saturated carbocycles. The smallest absolute Gasteiger partial charge is 0.292 e. The Morgan fingerprint density at radius 1 is 1.18 bits per heavy atom. The third-order valence-electron chi connectivity index (χ3n) is 4.96. The van der Waals surface area contributed by atoms with E-state index in [-0.39, 0.29) is 17.6 Å². The molecule has 3 aromatic heterocycles. The minimum atomic E-state index is -0.180. The molecule has 0 spiro atoms. The molecule has 1 fully saturated rings. The largest absolute Gasteiger partial charge is 0.495 e. The second-order valence-corrected chi connectivity index (χ2v) is 6.70. The van der Waals surface area contributed by atoms with E-state index >= 15 is 0 Å². The van der Waals surface area contributed by atoms with Crippen molar-refractivity contribution in [1.82, 2.24) is 25.0 Å². The van der Waals surface area contributed by atoms with E-state index < -0.39 is 0 Å². The summed E-state index contributed by atoms with van der Waals surface area (Å²) in [4.78, 5) is 28.0. The average Bonchev–Trinajstić information content (AvgIpc) is 3.21. The van der Waals surface area contributed by atoms with Crippen molar-refractivity contribution in [3.63, 3.8) is 0 Å². The minimum Gasteiger partial charge on any atom is -0.495 e. The molecule has 1 saturated heterocycles. The van der Waals surface area contributed by atoms with Gasteiger partial charge in [0, 0.05) is 25.1 Å². The van der Waals surface area contributed by atoms with Crippen molar-refractivity contribution in [3.8, 4) is 11.6 Å². The molecular weight excluding hydrogens is 362 g/mol. The van der Waals surface area contributed by atoms with Crippen LogP contribution in [-0.2, 0) is 0 Å². The van der Waals surface area contributed by atoms with Crippen LogP contribution in [-0.4, -0.2) is 58.2 Å². The number of ether oxygens (including phenoxy) is 2. The summed E-state index contributed by atoms with van der Waals surface area (Å²) in [6.07, 6.45) is 3.26. The Labute approximate surface area is 161 Å². The number of hydrogen-bond acceptors (Lipinski definition) is 8. The van der Waals surface area contributed by atoms with E-state index in [9.17, 15) is 4.79 Å². The van der Waals surface area contributed by atoms with E-state index in [0.717, 1.165) is 29.6 Å². The van der Waals surface area contributed by atoms with Gasteiger partial charge < -0.3 is 18.9 Å². The standard InChI is InChI=1S/C19H21N5O4/c1-11-21-14-8-13(26-2)10-20-18(14)17(22-11)12-4-6-24(7-5-12)19(25)15-9-16(27-3)23-28-15/h8-10,12H,4-7H2,1-3H3. The third kappa shape index (κ3) is 3.35. The summed E-state index contributed by atoms with van der Waals surface area (Å²) in [5.74, 6) is 1.87. The molecule has 0 radical (unpaired) electrons. The van der Waals surface area contributed by atoms with Crippen LogP contribution >= 0.6 is 0 Å². The lowest BCUT2D eigenvalue weighted by molar-refractivity contribution is 0.0670. The first-order valence-electron chi connectivity index (χ1n) is 9.07. The molecule has 9 heteroatoms. The number of fused-ring (bicyclic) bond motifs is 1. The van der Waals surface area contributed by atoms with Gasteiger partial charge in [-0.05, 0) is 24.9 Å². The molecule has 0 aromatic carbocycles. The molecule has 4 rings (SSSR count). The van der Waals surface area contributed by atoms with E-state index in [1.54, 1.807) is 18.2 Å². The van der Waals surface area contributed by atoms with Crippen molar-refractivity contribution >= 4 is 16.9 Å². The summed E-state index contributed by atoms with van der Waals surface area (Å²) < 4.78 is 15.3. The molecule has 0 bridgehead atoms. The number of carbonyl (C=O) groups is 1. The molecule has 146 valence electrons. The fraction of sp³-hybridized carbons (Fsp3) is 0.421. The van der Waals surface area contributed by atoms with E-state index in [2.05, 4.69) is 20.1 Å². The molecule has 0 unspecified atom stereocenters. The van der Waals surface area contributed by atoms with E-state index in [1.807, 2.05) is 13.0 Å². The SMILES string of the molecule is COc1cnc2c(C3CCN(C(=O)c4cc(OC)no4)CC3)nc(C)nc2c1. The molecule has 1 aliphatic rings. The number of nitrogens with zero attached hydrogens (tertiary/aromatic N) is 5. The molecule has 1 aliphatic heterocycles. The maximum Gasteiger partial charge on any atom is 0.292 e. The van der Waals surface area contributed by atoms with Crippen LogP contribution < -0.4 is 9.47 Å². The number of piperidine rings is 1. The summed E-state index contributed by atoms with van der Waals surface area (Å²) in [7, 11) is 3.09. The van der Waals surface area contributed by atoms with Crippen LogP contribution in [0.3, 0.4) is 0 Å². The lowest BCUT2D eigenvalue weighted by Crippen LogP contribution is -2.38. The lowest BCUT2D eigenvalue weighted by atomic mass is 9.92. The Bertz CT molecular complexity index is 1010. The van der Waals surface area contributed by atoms with Gasteiger partial charge in [-0.25, -0.2) is 15.0 Å². The van der Waals surface area contributed by atoms with Crippen LogP contribution in [0.1, 0.15) is 40.8 Å². The third-order valence-corrected chi connectivity index (χ3v) is 4.96. The van der Waals surface area contributed by atoms with E-state index in [1.165, 1.54) is 13.2 Å². The summed E-state index contributed by atoms with van der Waals surface area (Å²) in [5.41, 5.74) is 2.49. The summed E-state index contributed by atoms with van der Waals surface area (Å²) in [5, 5.41) is 3.69. The number of pyridine rings is 1. The Kier molecular flexibility index (Phi) is 4.81. The first-order valence-corrected chi connectivity index (χ1v) is 9.07. The molecule has 0 aliphatic carbocycles. The van der Waals surface area contributed by atoms with Crippen molar-refractivity contribution in [3.05, 3.63) is 35.6 Å². The van der Waals surface area contributed by atoms with Crippen LogP contribution in [0.15, 0.2) is 22.9 Å². The first-order chi connectivity index (χ1) is 13.6. The van der Waals surface area contributed by atoms with Gasteiger partial charge in [-0.15, -0.1) is 0 Å². The highest BCUT2D eigenvalue weighted by molar-refractivity contribution is 5.91. The van der Waals surface area contributed by atoms with E-state index in [4.69, 9.17) is 14.0 Å². The van der Waals surface area contributed by atoms with E-state index in [0.29, 0.717) is 30.5 Å². The van der Waals surface area contributed by atoms with Crippen LogP contribution in [0.2, 0.25) is 0 Å². The van der Waals surface area contributed by atoms with Gasteiger partial charge in [0.1, 0.15) is 17.1 Å². The zero-order valence-corrected chi connectivity index (χ0v) is 16.0. The summed E-state index contributed by atoms with van der Waals surface area (Å²) in [6, 6.07) is 3.38. The summed E-state index contributed by atoms with van der Waals surface area (Å²) in [6.45, 7) is 3.08. The zero-order chi connectivity index (χ0) is 19.7. The quantitative estimate of drug-likeness (QED) is 0.676. The van der Waals surface area contributed by atoms with Crippen LogP contribution in [0.4, 0.5) is 0 Å². The van der Waals surface area contributed by atoms with Gasteiger partial charge in [-0.2, -0.15) is 0 Å². The van der Waals surface area contributed by atoms with Crippen molar-refractivity contribution in [1.29, 1.82) is 0 Å². The van der Waals surface area contributed by atoms with Gasteiger partial charge >= 0.3 is 0 Å². The number of aryl methyl sites for hydroxylation is 1. The van der Waals surface area contributed by atoms with Gasteiger partial charge in [-0.1, -0.05) is 0 Å². The van der Waals surface area contributed by atoms with Gasteiger partial charge in [0.05, 0.1) is 37.7 Å². The highest BCUT2D eigenvalue weighted by Crippen LogP contribution is 2.32. The number of hydrogen-bond donors (Lipinski definition) is 0. The fourth-order valence-corrected chi connectivity index (χ4v) is 3.51. The highest BCUT2D eigenvalue weighted by Gasteiger charge is 2.29. The van der Waals surface area contributed by atoms with Gasteiger partial charge in [0.2, 0.25) is 5.76 Å². The molecule has 3 aromatic rings. The molecule has 9 nitrogen and oxygen atoms in total. The normalized spacial score (nSPS) is 15.0. The van der Waals surface area contributed by atoms with Crippen LogP contribution in [0, 0.1) is 6.92 Å². The number of carbonyl (C=O) groups excluding carboxylic acids is 1. The highest BCUT2D eigenvalue weighted by atomic mass is 16.5. The van der Waals surface area contributed by atoms with Gasteiger partial charge in [-0.3, -0.25) is 4.79 Å². The predicted molar refractivity (Wildman–Crippen MR) is 99.6 cm³/mol. The van der Waals surface area contributed by atoms with Crippen LogP contribution in [0.25, 0.3) is 11.0 Å². The van der Waals surface area contributed by atoms with Crippen molar-refractivity contribution in [2.75, 3.05) is 27.3 Å². The molecule has 0 atom stereocenters. The number of likely N-dealkylation sites (tertiary alicyclic amines) is 1. The van der Waals surface area contributed by atoms with Gasteiger partial charge in [0.25, 0.3) is 11.8 Å². The molecule has 0 N–H and O–H groups in total. The van der Waals surface area contributed by atoms with Gasteiger partial charge in [0.15, 0.2) is 0 Å². The Hall–Kier alpha value is -3.23. The summed E-state index contributed by atoms with van der Waals surface area (Å²) >= 11 is 0. The number of methoxy groups -OCH3 is 2. The number of aromatic nitrogens is 4. The van der Waals surface area contributed by atoms with Crippen LogP contribution in [0.5, 0.6) is 11.6 Å². The Morgan fingerprint density at radius 2 is 1.96 bits per heavy atom. The van der Waals surface area contributed by atoms with Crippen molar-refractivity contribution in [2.24, 2.45) is 0 Å². The maximum absolute atomic E-state index is 12.6. The molecular formula is C19H21N5O4. The monoisotopic (exact) mass is 383 g/mol. The fourth-order valence-electron chi connectivity index (χ4n) is 3.51. The Balaban J connectivity index is 1.53. The molecule has 28 heavy (non-hydrogen) atoms. The topological polar surface area (TPSA) is 103 Å². The number of rotatable bonds is 4. The Morgan fingerprint density at radius 3 is 2.64 bits per heavy atom. The predicted octanol–water partition coefficient (Wildman–Crippen LogP) is 2.36. The lowest BCUT2D eigenvalue weighted by Gasteiger charge is -2.31. The number of amides is 1. The first kappa shape index (κ1) is 18.1. The molecule has 1 amide bonds. The maximum atomic E-state index is 12.6. The zero-order valence-electron chi connectivity index (χ0n) is 16.0. The molecule has 4 heterocycles. The van der Waals surface area contributed by atoms with Crippen molar-refractivity contribution in [2.45, 2.75) is 25.7 Å².